The van der Waals surface area contributed by atoms with E-state index in [1.807, 2.05) is 0 Å². The minimum atomic E-state index is -1.35. The Bertz CT molecular complexity index is 812. The van der Waals surface area contributed by atoms with Crippen LogP contribution < -0.4 is 0 Å². The molecule has 1 saturated heterocycles. The topological polar surface area (TPSA) is 109 Å². The zero-order chi connectivity index (χ0) is 19.6. The average Bonchev–Trinajstić information content (AvgIpc) is 3.16. The summed E-state index contributed by atoms with van der Waals surface area (Å²) in [5, 5.41) is 10.4. The van der Waals surface area contributed by atoms with Crippen LogP contribution in [-0.4, -0.2) is 59.2 Å². The molecule has 0 bridgehead atoms. The van der Waals surface area contributed by atoms with E-state index in [1.165, 1.54) is 6.33 Å². The van der Waals surface area contributed by atoms with Crippen LogP contribution in [0.15, 0.2) is 12.7 Å². The summed E-state index contributed by atoms with van der Waals surface area (Å²) in [6.45, 7) is 5.32. The van der Waals surface area contributed by atoms with Gasteiger partial charge in [0.25, 0.3) is 0 Å². The fourth-order valence-corrected chi connectivity index (χ4v) is 4.06. The van der Waals surface area contributed by atoms with Gasteiger partial charge in [-0.1, -0.05) is 11.6 Å². The van der Waals surface area contributed by atoms with Crippen LogP contribution in [-0.2, 0) is 24.7 Å². The lowest BCUT2D eigenvalue weighted by atomic mass is 10.1. The Morgan fingerprint density at radius 2 is 2.22 bits per heavy atom. The van der Waals surface area contributed by atoms with Crippen molar-refractivity contribution in [3.63, 3.8) is 0 Å². The Kier molecular flexibility index (Phi) is 6.44. The molecule has 0 aromatic carbocycles. The van der Waals surface area contributed by atoms with Crippen LogP contribution in [0.25, 0.3) is 11.2 Å². The van der Waals surface area contributed by atoms with Gasteiger partial charge in [-0.25, -0.2) is 19.2 Å². The largest absolute Gasteiger partial charge is 0.366 e. The van der Waals surface area contributed by atoms with Crippen LogP contribution >= 0.6 is 11.6 Å². The molecule has 0 spiro atoms. The van der Waals surface area contributed by atoms with E-state index < -0.39 is 29.2 Å². The van der Waals surface area contributed by atoms with Crippen LogP contribution in [0.4, 0.5) is 0 Å². The van der Waals surface area contributed by atoms with E-state index in [0.29, 0.717) is 36.4 Å². The first kappa shape index (κ1) is 20.6. The van der Waals surface area contributed by atoms with Gasteiger partial charge in [-0.05, 0) is 27.2 Å². The van der Waals surface area contributed by atoms with Gasteiger partial charge in [-0.2, -0.15) is 0 Å². The number of hydrogen-bond donors (Lipinski definition) is 1. The van der Waals surface area contributed by atoms with Crippen molar-refractivity contribution < 1.29 is 23.0 Å². The molecule has 11 heteroatoms. The summed E-state index contributed by atoms with van der Waals surface area (Å²) in [7, 11) is 0. The maximum absolute atomic E-state index is 11.7. The molecule has 27 heavy (non-hydrogen) atoms. The summed E-state index contributed by atoms with van der Waals surface area (Å²) >= 11 is 4.73. The van der Waals surface area contributed by atoms with Crippen molar-refractivity contribution in [1.29, 1.82) is 0 Å². The molecule has 1 aliphatic heterocycles. The molecule has 3 rings (SSSR count). The molecule has 2 unspecified atom stereocenters. The number of fused-ring (bicyclic) bond motifs is 1. The smallest absolute Gasteiger partial charge is 0.167 e. The highest BCUT2D eigenvalue weighted by atomic mass is 35.5. The molecule has 1 aliphatic rings. The monoisotopic (exact) mass is 418 g/mol. The maximum atomic E-state index is 11.7. The van der Waals surface area contributed by atoms with E-state index in [-0.39, 0.29) is 11.3 Å². The zero-order valence-corrected chi connectivity index (χ0v) is 16.9. The molecule has 0 saturated carbocycles. The van der Waals surface area contributed by atoms with Crippen molar-refractivity contribution in [3.05, 3.63) is 17.8 Å². The highest BCUT2D eigenvalue weighted by Crippen LogP contribution is 2.36. The van der Waals surface area contributed by atoms with Gasteiger partial charge in [0.05, 0.1) is 24.8 Å². The molecule has 150 valence electrons. The lowest BCUT2D eigenvalue weighted by Crippen LogP contribution is -2.33. The van der Waals surface area contributed by atoms with Crippen LogP contribution in [0.2, 0.25) is 5.15 Å². The standard InChI is InChI=1S/C16H23ClN4O5S/c1-4-24-27(23)6-5-10-7-11(26-16(2,3)22)15(25-10)21-9-20-12-13(17)18-8-19-14(12)21/h8-11,15,22H,4-7H2,1-3H3/t10-,11-,15?,27?/m1/s1. The predicted octanol–water partition coefficient (Wildman–Crippen LogP) is 1.97. The molecule has 0 radical (unpaired) electrons. The second-order valence-electron chi connectivity index (χ2n) is 6.68. The third-order valence-electron chi connectivity index (χ3n) is 4.03. The third kappa shape index (κ3) is 5.01. The fourth-order valence-electron chi connectivity index (χ4n) is 3.05. The number of imidazole rings is 1. The third-order valence-corrected chi connectivity index (χ3v) is 5.37. The average molecular weight is 419 g/mol. The number of ether oxygens (including phenoxy) is 2. The van der Waals surface area contributed by atoms with Crippen molar-refractivity contribution in [2.24, 2.45) is 0 Å². The molecular weight excluding hydrogens is 396 g/mol. The second-order valence-corrected chi connectivity index (χ2v) is 8.29. The van der Waals surface area contributed by atoms with Gasteiger partial charge in [0.15, 0.2) is 33.9 Å². The summed E-state index contributed by atoms with van der Waals surface area (Å²) in [5.74, 6) is -0.975. The van der Waals surface area contributed by atoms with Gasteiger partial charge in [-0.15, -0.1) is 0 Å². The first-order valence-corrected chi connectivity index (χ1v) is 10.3. The van der Waals surface area contributed by atoms with Crippen LogP contribution in [0, 0.1) is 0 Å². The summed E-state index contributed by atoms with van der Waals surface area (Å²) in [6.07, 6.45) is 2.78. The van der Waals surface area contributed by atoms with Gasteiger partial charge in [0.1, 0.15) is 17.9 Å². The maximum Gasteiger partial charge on any atom is 0.167 e. The highest BCUT2D eigenvalue weighted by molar-refractivity contribution is 7.80. The first-order valence-electron chi connectivity index (χ1n) is 8.69. The number of rotatable bonds is 8. The van der Waals surface area contributed by atoms with Crippen LogP contribution in [0.1, 0.15) is 39.8 Å². The SMILES string of the molecule is CCOS(=O)CC[C@@H]1C[C@@H](OC(C)(C)O)C(n2cnc3c(Cl)ncnc32)O1. The summed E-state index contributed by atoms with van der Waals surface area (Å²) in [4.78, 5) is 12.4. The molecule has 2 aromatic heterocycles. The van der Waals surface area contributed by atoms with Crippen molar-refractivity contribution in [1.82, 2.24) is 19.5 Å². The zero-order valence-electron chi connectivity index (χ0n) is 15.4. The summed E-state index contributed by atoms with van der Waals surface area (Å²) < 4.78 is 30.5. The molecule has 3 heterocycles. The van der Waals surface area contributed by atoms with Gasteiger partial charge >= 0.3 is 0 Å². The number of nitrogens with zero attached hydrogens (tertiary/aromatic N) is 4. The summed E-state index contributed by atoms with van der Waals surface area (Å²) in [6, 6.07) is 0. The molecule has 0 amide bonds. The predicted molar refractivity (Wildman–Crippen MR) is 99.3 cm³/mol. The minimum absolute atomic E-state index is 0.207. The van der Waals surface area contributed by atoms with Crippen molar-refractivity contribution in [2.75, 3.05) is 12.4 Å². The lowest BCUT2D eigenvalue weighted by Gasteiger charge is -2.27. The molecule has 2 aromatic rings. The molecule has 1 fully saturated rings. The van der Waals surface area contributed by atoms with Crippen LogP contribution in [0.3, 0.4) is 0 Å². The van der Waals surface area contributed by atoms with Gasteiger partial charge in [0.2, 0.25) is 0 Å². The van der Waals surface area contributed by atoms with Crippen molar-refractivity contribution in [2.45, 2.75) is 57.8 Å². The van der Waals surface area contributed by atoms with Gasteiger partial charge in [-0.3, -0.25) is 8.75 Å². The van der Waals surface area contributed by atoms with E-state index in [9.17, 15) is 9.32 Å². The van der Waals surface area contributed by atoms with Crippen LogP contribution in [0.5, 0.6) is 0 Å². The normalized spacial score (nSPS) is 24.6. The lowest BCUT2D eigenvalue weighted by molar-refractivity contribution is -0.222. The first-order chi connectivity index (χ1) is 12.8. The number of aromatic nitrogens is 4. The van der Waals surface area contributed by atoms with Gasteiger partial charge < -0.3 is 14.6 Å². The summed E-state index contributed by atoms with van der Waals surface area (Å²) in [5.41, 5.74) is 0.980. The van der Waals surface area contributed by atoms with Gasteiger partial charge in [0, 0.05) is 6.42 Å². The molecule has 0 aliphatic carbocycles. The molecular formula is C16H23ClN4O5S. The van der Waals surface area contributed by atoms with Crippen molar-refractivity contribution in [3.8, 4) is 0 Å². The highest BCUT2D eigenvalue weighted by Gasteiger charge is 2.40. The Morgan fingerprint density at radius 1 is 1.44 bits per heavy atom. The van der Waals surface area contributed by atoms with E-state index in [0.717, 1.165) is 0 Å². The Labute approximate surface area is 164 Å². The van der Waals surface area contributed by atoms with E-state index >= 15 is 0 Å². The van der Waals surface area contributed by atoms with E-state index in [2.05, 4.69) is 15.0 Å². The number of halogens is 1. The fraction of sp³-hybridized carbons (Fsp3) is 0.688. The van der Waals surface area contributed by atoms with E-state index in [4.69, 9.17) is 25.3 Å². The Morgan fingerprint density at radius 3 is 2.93 bits per heavy atom. The Hall–Kier alpha value is -1.17. The molecule has 4 atom stereocenters. The number of hydrogen-bond acceptors (Lipinski definition) is 8. The number of aliphatic hydroxyl groups is 1. The quantitative estimate of drug-likeness (QED) is 0.512. The van der Waals surface area contributed by atoms with E-state index in [1.54, 1.807) is 31.7 Å². The second kappa shape index (κ2) is 8.46. The van der Waals surface area contributed by atoms with Crippen molar-refractivity contribution >= 4 is 33.8 Å². The molecule has 1 N–H and O–H groups in total. The Balaban J connectivity index is 1.81. The minimum Gasteiger partial charge on any atom is -0.366 e. The molecule has 9 nitrogen and oxygen atoms in total.